The zero-order chi connectivity index (χ0) is 24.5. The third kappa shape index (κ3) is 6.67. The van der Waals surface area contributed by atoms with E-state index in [1.54, 1.807) is 11.9 Å². The second-order valence-corrected chi connectivity index (χ2v) is 9.60. The van der Waals surface area contributed by atoms with Crippen molar-refractivity contribution in [1.29, 1.82) is 0 Å². The van der Waals surface area contributed by atoms with Crippen LogP contribution in [0.3, 0.4) is 0 Å². The molecule has 1 fully saturated rings. The Morgan fingerprint density at radius 3 is 2.29 bits per heavy atom. The summed E-state index contributed by atoms with van der Waals surface area (Å²) >= 11 is 3.44. The summed E-state index contributed by atoms with van der Waals surface area (Å²) in [5.41, 5.74) is 1.87. The first-order chi connectivity index (χ1) is 16.4. The van der Waals surface area contributed by atoms with Crippen molar-refractivity contribution in [2.45, 2.75) is 43.2 Å². The quantitative estimate of drug-likeness (QED) is 0.490. The van der Waals surface area contributed by atoms with E-state index in [0.29, 0.717) is 32.6 Å². The van der Waals surface area contributed by atoms with Gasteiger partial charge in [0.25, 0.3) is 0 Å². The van der Waals surface area contributed by atoms with Gasteiger partial charge in [-0.1, -0.05) is 89.9 Å². The molecular weight excluding hydrogens is 496 g/mol. The normalized spacial score (nSPS) is 18.6. The van der Waals surface area contributed by atoms with Crippen LogP contribution in [-0.2, 0) is 20.9 Å². The van der Waals surface area contributed by atoms with Crippen molar-refractivity contribution in [3.8, 4) is 0 Å². The monoisotopic (exact) mass is 528 g/mol. The summed E-state index contributed by atoms with van der Waals surface area (Å²) < 4.78 is 0. The van der Waals surface area contributed by atoms with Gasteiger partial charge < -0.3 is 15.5 Å². The van der Waals surface area contributed by atoms with Gasteiger partial charge in [-0.25, -0.2) is 0 Å². The average Bonchev–Trinajstić information content (AvgIpc) is 2.99. The fourth-order valence-electron chi connectivity index (χ4n) is 4.23. The van der Waals surface area contributed by atoms with Gasteiger partial charge in [-0.15, -0.1) is 0 Å². The largest absolute Gasteiger partial charge is 0.357 e. The molecule has 3 rings (SSSR count). The fourth-order valence-corrected chi connectivity index (χ4v) is 4.82. The highest BCUT2D eigenvalue weighted by atomic mass is 79.9. The lowest BCUT2D eigenvalue weighted by Crippen LogP contribution is -2.54. The SMILES string of the molecule is CCCC(Br)C(=O)NC1CN(Cc2ccccc2)CCN(C(C(=O)NC)c2ccccc2)C1=O. The van der Waals surface area contributed by atoms with Crippen LogP contribution in [-0.4, -0.2) is 65.1 Å². The Morgan fingerprint density at radius 2 is 1.68 bits per heavy atom. The van der Waals surface area contributed by atoms with Crippen molar-refractivity contribution in [1.82, 2.24) is 20.4 Å². The lowest BCUT2D eigenvalue weighted by Gasteiger charge is -2.32. The van der Waals surface area contributed by atoms with Crippen LogP contribution in [0.25, 0.3) is 0 Å². The second kappa shape index (κ2) is 12.7. The molecule has 3 atom stereocenters. The van der Waals surface area contributed by atoms with E-state index in [4.69, 9.17) is 0 Å². The molecule has 2 aromatic rings. The van der Waals surface area contributed by atoms with Crippen molar-refractivity contribution >= 4 is 33.7 Å². The molecule has 1 heterocycles. The number of nitrogens with zero attached hydrogens (tertiary/aromatic N) is 2. The predicted molar refractivity (Wildman–Crippen MR) is 136 cm³/mol. The molecule has 3 amide bonds. The highest BCUT2D eigenvalue weighted by Gasteiger charge is 2.38. The van der Waals surface area contributed by atoms with Gasteiger partial charge >= 0.3 is 0 Å². The second-order valence-electron chi connectivity index (χ2n) is 8.50. The van der Waals surface area contributed by atoms with Crippen molar-refractivity contribution in [2.24, 2.45) is 0 Å². The number of nitrogens with one attached hydrogen (secondary N) is 2. The Morgan fingerprint density at radius 1 is 1.03 bits per heavy atom. The Kier molecular flexibility index (Phi) is 9.65. The zero-order valence-corrected chi connectivity index (χ0v) is 21.3. The molecule has 2 aromatic carbocycles. The number of benzene rings is 2. The van der Waals surface area contributed by atoms with E-state index in [1.807, 2.05) is 67.6 Å². The fraction of sp³-hybridized carbons (Fsp3) is 0.423. The highest BCUT2D eigenvalue weighted by Crippen LogP contribution is 2.24. The molecular formula is C26H33BrN4O3. The Hall–Kier alpha value is -2.71. The first kappa shape index (κ1) is 25.9. The van der Waals surface area contributed by atoms with Gasteiger partial charge in [0.05, 0.1) is 4.83 Å². The average molecular weight is 529 g/mol. The number of halogens is 1. The molecule has 0 saturated carbocycles. The summed E-state index contributed by atoms with van der Waals surface area (Å²) in [4.78, 5) is 43.0. The molecule has 0 radical (unpaired) electrons. The van der Waals surface area contributed by atoms with Crippen LogP contribution in [0.4, 0.5) is 0 Å². The summed E-state index contributed by atoms with van der Waals surface area (Å²) in [6.07, 6.45) is 1.52. The van der Waals surface area contributed by atoms with E-state index in [2.05, 4.69) is 31.5 Å². The third-order valence-corrected chi connectivity index (χ3v) is 6.87. The Balaban J connectivity index is 1.91. The van der Waals surface area contributed by atoms with Crippen LogP contribution >= 0.6 is 15.9 Å². The van der Waals surface area contributed by atoms with E-state index in [9.17, 15) is 14.4 Å². The number of hydrogen-bond donors (Lipinski definition) is 2. The van der Waals surface area contributed by atoms with Gasteiger partial charge in [0, 0.05) is 33.2 Å². The topological polar surface area (TPSA) is 81.8 Å². The lowest BCUT2D eigenvalue weighted by molar-refractivity contribution is -0.142. The number of carbonyl (C=O) groups excluding carboxylic acids is 3. The van der Waals surface area contributed by atoms with E-state index in [-0.39, 0.29) is 22.5 Å². The third-order valence-electron chi connectivity index (χ3n) is 5.99. The van der Waals surface area contributed by atoms with Crippen molar-refractivity contribution in [2.75, 3.05) is 26.7 Å². The first-order valence-electron chi connectivity index (χ1n) is 11.7. The van der Waals surface area contributed by atoms with E-state index >= 15 is 0 Å². The minimum atomic E-state index is -0.773. The molecule has 3 unspecified atom stereocenters. The van der Waals surface area contributed by atoms with E-state index in [1.165, 1.54) is 0 Å². The molecule has 7 nitrogen and oxygen atoms in total. The van der Waals surface area contributed by atoms with Crippen LogP contribution < -0.4 is 10.6 Å². The molecule has 1 saturated heterocycles. The summed E-state index contributed by atoms with van der Waals surface area (Å²) in [6, 6.07) is 17.8. The molecule has 0 aromatic heterocycles. The van der Waals surface area contributed by atoms with Crippen molar-refractivity contribution in [3.05, 3.63) is 71.8 Å². The van der Waals surface area contributed by atoms with Crippen molar-refractivity contribution in [3.63, 3.8) is 0 Å². The van der Waals surface area contributed by atoms with Crippen LogP contribution in [0.15, 0.2) is 60.7 Å². The first-order valence-corrected chi connectivity index (χ1v) is 12.6. The Bertz CT molecular complexity index is 957. The summed E-state index contributed by atoms with van der Waals surface area (Å²) in [5, 5.41) is 5.65. The van der Waals surface area contributed by atoms with Gasteiger partial charge in [-0.2, -0.15) is 0 Å². The molecule has 182 valence electrons. The van der Waals surface area contributed by atoms with Crippen LogP contribution in [0.1, 0.15) is 36.9 Å². The van der Waals surface area contributed by atoms with E-state index in [0.717, 1.165) is 17.5 Å². The maximum absolute atomic E-state index is 13.8. The molecule has 0 aliphatic carbocycles. The smallest absolute Gasteiger partial charge is 0.247 e. The van der Waals surface area contributed by atoms with Gasteiger partial charge in [0.2, 0.25) is 17.7 Å². The van der Waals surface area contributed by atoms with Crippen molar-refractivity contribution < 1.29 is 14.4 Å². The summed E-state index contributed by atoms with van der Waals surface area (Å²) in [7, 11) is 1.57. The maximum atomic E-state index is 13.8. The molecule has 2 N–H and O–H groups in total. The van der Waals surface area contributed by atoms with Crippen LogP contribution in [0.2, 0.25) is 0 Å². The van der Waals surface area contributed by atoms with Crippen LogP contribution in [0.5, 0.6) is 0 Å². The number of hydrogen-bond acceptors (Lipinski definition) is 4. The number of carbonyl (C=O) groups is 3. The minimum Gasteiger partial charge on any atom is -0.357 e. The van der Waals surface area contributed by atoms with E-state index < -0.39 is 12.1 Å². The van der Waals surface area contributed by atoms with Gasteiger partial charge in [0.15, 0.2) is 0 Å². The molecule has 8 heteroatoms. The van der Waals surface area contributed by atoms with Gasteiger partial charge in [0.1, 0.15) is 12.1 Å². The van der Waals surface area contributed by atoms with Gasteiger partial charge in [-0.05, 0) is 17.5 Å². The predicted octanol–water partition coefficient (Wildman–Crippen LogP) is 2.87. The lowest BCUT2D eigenvalue weighted by atomic mass is 10.0. The highest BCUT2D eigenvalue weighted by molar-refractivity contribution is 9.10. The minimum absolute atomic E-state index is 0.210. The number of likely N-dealkylation sites (N-methyl/N-ethyl adjacent to an activating group) is 1. The molecule has 34 heavy (non-hydrogen) atoms. The van der Waals surface area contributed by atoms with Crippen LogP contribution in [0, 0.1) is 0 Å². The molecule has 1 aliphatic heterocycles. The zero-order valence-electron chi connectivity index (χ0n) is 19.7. The standard InChI is InChI=1S/C26H33BrN4O3/c1-3-10-21(27)24(32)29-22-18-30(17-19-11-6-4-7-12-19)15-16-31(26(22)34)23(25(33)28-2)20-13-8-5-9-14-20/h4-9,11-14,21-23H,3,10,15-18H2,1-2H3,(H,28,33)(H,29,32). The number of alkyl halides is 1. The summed E-state index contributed by atoms with van der Waals surface area (Å²) in [5.74, 6) is -0.721. The Labute approximate surface area is 210 Å². The maximum Gasteiger partial charge on any atom is 0.247 e. The molecule has 0 bridgehead atoms. The number of amides is 3. The summed E-state index contributed by atoms with van der Waals surface area (Å²) in [6.45, 7) is 3.99. The molecule has 1 aliphatic rings. The molecule has 0 spiro atoms. The number of rotatable bonds is 9. The van der Waals surface area contributed by atoms with Gasteiger partial charge in [-0.3, -0.25) is 19.3 Å².